The highest BCUT2D eigenvalue weighted by atomic mass is 79.9. The average Bonchev–Trinajstić information content (AvgIpc) is 2.80. The first-order valence-electron chi connectivity index (χ1n) is 9.10. The number of benzene rings is 2. The van der Waals surface area contributed by atoms with Crippen molar-refractivity contribution in [2.75, 3.05) is 18.0 Å². The van der Waals surface area contributed by atoms with Crippen LogP contribution in [0.5, 0.6) is 0 Å². The van der Waals surface area contributed by atoms with E-state index < -0.39 is 0 Å². The second-order valence-electron chi connectivity index (χ2n) is 8.01. The molecular formula is C22H26BrN2+. The number of quaternary nitrogens is 1. The number of halogens is 1. The molecule has 1 fully saturated rings. The topological polar surface area (TPSA) is 19.9 Å². The van der Waals surface area contributed by atoms with Gasteiger partial charge in [0.15, 0.2) is 0 Å². The van der Waals surface area contributed by atoms with Gasteiger partial charge in [0.05, 0.1) is 12.0 Å². The van der Waals surface area contributed by atoms with E-state index >= 15 is 0 Å². The first kappa shape index (κ1) is 16.9. The lowest BCUT2D eigenvalue weighted by Crippen LogP contribution is -3.06. The van der Waals surface area contributed by atoms with E-state index in [1.54, 1.807) is 0 Å². The molecule has 0 amide bonds. The van der Waals surface area contributed by atoms with Crippen molar-refractivity contribution < 1.29 is 5.32 Å². The second-order valence-corrected chi connectivity index (χ2v) is 8.92. The molecule has 2 atom stereocenters. The van der Waals surface area contributed by atoms with Crippen LogP contribution in [0.4, 0.5) is 5.69 Å². The van der Waals surface area contributed by atoms with Gasteiger partial charge in [-0.3, -0.25) is 0 Å². The van der Waals surface area contributed by atoms with Crippen LogP contribution >= 0.6 is 15.9 Å². The minimum absolute atomic E-state index is 0.0512. The van der Waals surface area contributed by atoms with E-state index in [1.807, 2.05) is 0 Å². The molecule has 130 valence electrons. The predicted octanol–water partition coefficient (Wildman–Crippen LogP) is 4.17. The molecule has 4 rings (SSSR count). The second kappa shape index (κ2) is 6.00. The van der Waals surface area contributed by atoms with Gasteiger partial charge in [0.2, 0.25) is 5.66 Å². The molecule has 2 nitrogen and oxygen atoms in total. The number of rotatable bonds is 2. The highest BCUT2D eigenvalue weighted by molar-refractivity contribution is 9.10. The summed E-state index contributed by atoms with van der Waals surface area (Å²) in [5.74, 6) is 0.691. The van der Waals surface area contributed by atoms with Crippen molar-refractivity contribution in [3.63, 3.8) is 0 Å². The summed E-state index contributed by atoms with van der Waals surface area (Å²) >= 11 is 3.52. The number of nitrogens with zero attached hydrogens (tertiary/aromatic N) is 1. The van der Waals surface area contributed by atoms with Gasteiger partial charge in [-0.25, -0.2) is 0 Å². The Labute approximate surface area is 159 Å². The lowest BCUT2D eigenvalue weighted by atomic mass is 9.74. The molecule has 25 heavy (non-hydrogen) atoms. The van der Waals surface area contributed by atoms with E-state index in [2.05, 4.69) is 108 Å². The summed E-state index contributed by atoms with van der Waals surface area (Å²) < 4.78 is 1.12. The molecule has 2 aromatic rings. The van der Waals surface area contributed by atoms with Crippen LogP contribution < -0.4 is 10.2 Å². The van der Waals surface area contributed by atoms with Crippen molar-refractivity contribution in [2.45, 2.75) is 31.8 Å². The summed E-state index contributed by atoms with van der Waals surface area (Å²) in [6, 6.07) is 17.5. The molecule has 2 aliphatic heterocycles. The number of anilines is 1. The van der Waals surface area contributed by atoms with Gasteiger partial charge in [0.25, 0.3) is 0 Å². The molecule has 2 aliphatic rings. The van der Waals surface area contributed by atoms with Crippen molar-refractivity contribution in [3.8, 4) is 0 Å². The molecule has 3 heteroatoms. The summed E-state index contributed by atoms with van der Waals surface area (Å²) in [5, 5.41) is 2.55. The van der Waals surface area contributed by atoms with E-state index in [4.69, 9.17) is 0 Å². The largest absolute Gasteiger partial charge is 0.320 e. The molecule has 0 bridgehead atoms. The molecule has 0 aromatic heterocycles. The van der Waals surface area contributed by atoms with Crippen molar-refractivity contribution in [1.29, 1.82) is 0 Å². The summed E-state index contributed by atoms with van der Waals surface area (Å²) in [5.41, 5.74) is 4.10. The van der Waals surface area contributed by atoms with Crippen LogP contribution in [-0.4, -0.2) is 18.8 Å². The van der Waals surface area contributed by atoms with Crippen molar-refractivity contribution in [1.82, 2.24) is 0 Å². The SMILES string of the molecule is C[C@H]1C[NH2+][C@]2(/C=C/c3ccc(Br)cc3)N(C1)c1ccccc1C2(C)C. The molecule has 2 heterocycles. The highest BCUT2D eigenvalue weighted by Crippen LogP contribution is 2.50. The Bertz CT molecular complexity index is 809. The molecular weight excluding hydrogens is 372 g/mol. The maximum Gasteiger partial charge on any atom is 0.200 e. The fraction of sp³-hybridized carbons (Fsp3) is 0.364. The zero-order valence-corrected chi connectivity index (χ0v) is 16.8. The molecule has 2 N–H and O–H groups in total. The number of para-hydroxylation sites is 1. The number of hydrogen-bond acceptors (Lipinski definition) is 1. The molecule has 1 saturated heterocycles. The third-order valence-corrected chi connectivity index (χ3v) is 6.57. The van der Waals surface area contributed by atoms with Crippen LogP contribution in [-0.2, 0) is 5.41 Å². The zero-order valence-electron chi connectivity index (χ0n) is 15.2. The molecule has 0 saturated carbocycles. The van der Waals surface area contributed by atoms with Crippen LogP contribution in [0.25, 0.3) is 6.08 Å². The van der Waals surface area contributed by atoms with Crippen molar-refractivity contribution in [2.24, 2.45) is 5.92 Å². The maximum absolute atomic E-state index is 3.52. The van der Waals surface area contributed by atoms with Crippen molar-refractivity contribution >= 4 is 27.7 Å². The van der Waals surface area contributed by atoms with Crippen LogP contribution in [0.3, 0.4) is 0 Å². The maximum atomic E-state index is 3.52. The average molecular weight is 398 g/mol. The van der Waals surface area contributed by atoms with Gasteiger partial charge in [-0.2, -0.15) is 0 Å². The monoisotopic (exact) mass is 397 g/mol. The first-order chi connectivity index (χ1) is 11.9. The quantitative estimate of drug-likeness (QED) is 0.805. The predicted molar refractivity (Wildman–Crippen MR) is 109 cm³/mol. The van der Waals surface area contributed by atoms with E-state index in [9.17, 15) is 0 Å². The summed E-state index contributed by atoms with van der Waals surface area (Å²) in [7, 11) is 0. The van der Waals surface area contributed by atoms with Crippen LogP contribution in [0.15, 0.2) is 59.1 Å². The fourth-order valence-corrected chi connectivity index (χ4v) is 4.80. The van der Waals surface area contributed by atoms with Gasteiger partial charge < -0.3 is 10.2 Å². The third kappa shape index (κ3) is 2.56. The third-order valence-electron chi connectivity index (χ3n) is 6.04. The standard InChI is InChI=1S/C22H25BrN2/c1-16-14-24-22(13-12-17-8-10-18(23)11-9-17)21(2,3)19-6-4-5-7-20(19)25(22)15-16/h4-13,16,24H,14-15H2,1-3H3/p+1/b13-12+/t16-,22+/m0/s1. The Morgan fingerprint density at radius 2 is 1.84 bits per heavy atom. The number of fused-ring (bicyclic) bond motifs is 3. The summed E-state index contributed by atoms with van der Waals surface area (Å²) in [4.78, 5) is 2.63. The van der Waals surface area contributed by atoms with E-state index in [0.717, 1.165) is 11.0 Å². The van der Waals surface area contributed by atoms with E-state index in [1.165, 1.54) is 23.4 Å². The fourth-order valence-electron chi connectivity index (χ4n) is 4.54. The molecule has 0 spiro atoms. The Balaban J connectivity index is 1.81. The van der Waals surface area contributed by atoms with Gasteiger partial charge in [-0.15, -0.1) is 0 Å². The van der Waals surface area contributed by atoms with Gasteiger partial charge in [0, 0.05) is 22.6 Å². The smallest absolute Gasteiger partial charge is 0.200 e. The normalized spacial score (nSPS) is 27.4. The van der Waals surface area contributed by atoms with Crippen molar-refractivity contribution in [3.05, 3.63) is 70.2 Å². The van der Waals surface area contributed by atoms with Gasteiger partial charge >= 0.3 is 0 Å². The Morgan fingerprint density at radius 1 is 1.12 bits per heavy atom. The number of hydrogen-bond donors (Lipinski definition) is 1. The highest BCUT2D eigenvalue weighted by Gasteiger charge is 2.60. The first-order valence-corrected chi connectivity index (χ1v) is 9.90. The molecule has 0 radical (unpaired) electrons. The lowest BCUT2D eigenvalue weighted by Gasteiger charge is -2.47. The Morgan fingerprint density at radius 3 is 2.60 bits per heavy atom. The molecule has 0 unspecified atom stereocenters. The van der Waals surface area contributed by atoms with E-state index in [0.29, 0.717) is 5.92 Å². The van der Waals surface area contributed by atoms with Gasteiger partial charge in [-0.05, 0) is 49.2 Å². The Hall–Kier alpha value is -1.58. The molecule has 0 aliphatic carbocycles. The van der Waals surface area contributed by atoms with E-state index in [-0.39, 0.29) is 11.1 Å². The minimum atomic E-state index is -0.0593. The number of nitrogens with two attached hydrogens (primary N) is 1. The minimum Gasteiger partial charge on any atom is -0.320 e. The van der Waals surface area contributed by atoms with Gasteiger partial charge in [0.1, 0.15) is 0 Å². The van der Waals surface area contributed by atoms with Gasteiger partial charge in [-0.1, -0.05) is 59.3 Å². The lowest BCUT2D eigenvalue weighted by molar-refractivity contribution is -0.733. The molecule has 2 aromatic carbocycles. The van der Waals surface area contributed by atoms with Crippen LogP contribution in [0.1, 0.15) is 31.9 Å². The Kier molecular flexibility index (Phi) is 4.04. The summed E-state index contributed by atoms with van der Waals surface area (Å²) in [6.07, 6.45) is 4.72. The van der Waals surface area contributed by atoms with Crippen LogP contribution in [0.2, 0.25) is 0 Å². The van der Waals surface area contributed by atoms with Crippen LogP contribution in [0, 0.1) is 5.92 Å². The summed E-state index contributed by atoms with van der Waals surface area (Å²) in [6.45, 7) is 9.42. The zero-order chi connectivity index (χ0) is 17.7.